The number of pyridine rings is 1. The van der Waals surface area contributed by atoms with Crippen molar-refractivity contribution in [3.63, 3.8) is 0 Å². The lowest BCUT2D eigenvalue weighted by atomic mass is 10.0. The van der Waals surface area contributed by atoms with E-state index in [1.54, 1.807) is 6.20 Å². The SMILES string of the molecule is CC(C)(NC(=O)C1CNCCOC1)c1ncc2c(Cl)cccn12. The Kier molecular flexibility index (Phi) is 4.57. The molecule has 1 aliphatic heterocycles. The minimum absolute atomic E-state index is 0.0387. The Morgan fingerprint density at radius 3 is 3.22 bits per heavy atom. The van der Waals surface area contributed by atoms with E-state index in [1.165, 1.54) is 0 Å². The Morgan fingerprint density at radius 2 is 2.39 bits per heavy atom. The summed E-state index contributed by atoms with van der Waals surface area (Å²) >= 11 is 6.19. The molecule has 0 aromatic carbocycles. The summed E-state index contributed by atoms with van der Waals surface area (Å²) in [5.41, 5.74) is 0.200. The molecule has 1 amide bonds. The second kappa shape index (κ2) is 6.47. The van der Waals surface area contributed by atoms with Crippen molar-refractivity contribution in [2.24, 2.45) is 5.92 Å². The van der Waals surface area contributed by atoms with Gasteiger partial charge in [0.15, 0.2) is 0 Å². The third kappa shape index (κ3) is 3.34. The molecule has 0 aliphatic carbocycles. The van der Waals surface area contributed by atoms with E-state index < -0.39 is 5.54 Å². The highest BCUT2D eigenvalue weighted by molar-refractivity contribution is 6.33. The molecule has 2 N–H and O–H groups in total. The number of halogens is 1. The van der Waals surface area contributed by atoms with E-state index in [9.17, 15) is 4.79 Å². The molecular weight excluding hydrogens is 316 g/mol. The van der Waals surface area contributed by atoms with Crippen LogP contribution in [0.15, 0.2) is 24.5 Å². The molecular formula is C16H21ClN4O2. The number of imidazole rings is 1. The van der Waals surface area contributed by atoms with E-state index in [1.807, 2.05) is 36.6 Å². The Bertz CT molecular complexity index is 705. The topological polar surface area (TPSA) is 67.7 Å². The fraction of sp³-hybridized carbons (Fsp3) is 0.500. The maximum Gasteiger partial charge on any atom is 0.227 e. The number of carbonyl (C=O) groups excluding carboxylic acids is 1. The number of hydrogen-bond acceptors (Lipinski definition) is 4. The number of nitrogens with one attached hydrogen (secondary N) is 2. The van der Waals surface area contributed by atoms with Crippen LogP contribution in [0, 0.1) is 5.92 Å². The molecule has 1 fully saturated rings. The predicted molar refractivity (Wildman–Crippen MR) is 88.5 cm³/mol. The molecule has 0 spiro atoms. The zero-order valence-corrected chi connectivity index (χ0v) is 14.1. The summed E-state index contributed by atoms with van der Waals surface area (Å²) in [6.45, 7) is 6.34. The average molecular weight is 337 g/mol. The standard InChI is InChI=1S/C16H21ClN4O2/c1-16(2,20-14(22)11-8-18-5-7-23-10-11)15-19-9-13-12(17)4-3-6-21(13)15/h3-4,6,9,11,18H,5,7-8,10H2,1-2H3,(H,20,22). The number of nitrogens with zero attached hydrogens (tertiary/aromatic N) is 2. The molecule has 3 heterocycles. The third-order valence-corrected chi connectivity index (χ3v) is 4.34. The van der Waals surface area contributed by atoms with Crippen molar-refractivity contribution < 1.29 is 9.53 Å². The molecule has 0 saturated carbocycles. The monoisotopic (exact) mass is 336 g/mol. The van der Waals surface area contributed by atoms with Gasteiger partial charge in [0.25, 0.3) is 0 Å². The molecule has 2 aromatic heterocycles. The highest BCUT2D eigenvalue weighted by Crippen LogP contribution is 2.24. The lowest BCUT2D eigenvalue weighted by Crippen LogP contribution is -2.47. The molecule has 7 heteroatoms. The largest absolute Gasteiger partial charge is 0.379 e. The van der Waals surface area contributed by atoms with Gasteiger partial charge < -0.3 is 19.8 Å². The Morgan fingerprint density at radius 1 is 1.57 bits per heavy atom. The minimum atomic E-state index is -0.625. The van der Waals surface area contributed by atoms with Gasteiger partial charge in [-0.15, -0.1) is 0 Å². The number of fused-ring (bicyclic) bond motifs is 1. The first-order chi connectivity index (χ1) is 11.0. The summed E-state index contributed by atoms with van der Waals surface area (Å²) < 4.78 is 7.36. The molecule has 0 bridgehead atoms. The van der Waals surface area contributed by atoms with E-state index in [0.717, 1.165) is 17.9 Å². The van der Waals surface area contributed by atoms with Crippen molar-refractivity contribution >= 4 is 23.0 Å². The number of carbonyl (C=O) groups is 1. The van der Waals surface area contributed by atoms with Crippen LogP contribution in [-0.4, -0.2) is 41.6 Å². The van der Waals surface area contributed by atoms with Crippen LogP contribution >= 0.6 is 11.6 Å². The van der Waals surface area contributed by atoms with Gasteiger partial charge in [0.05, 0.1) is 41.4 Å². The van der Waals surface area contributed by atoms with Crippen LogP contribution in [0.3, 0.4) is 0 Å². The first kappa shape index (κ1) is 16.2. The lowest BCUT2D eigenvalue weighted by molar-refractivity contribution is -0.128. The highest BCUT2D eigenvalue weighted by atomic mass is 35.5. The smallest absolute Gasteiger partial charge is 0.227 e. The van der Waals surface area contributed by atoms with Crippen molar-refractivity contribution in [1.82, 2.24) is 20.0 Å². The predicted octanol–water partition coefficient (Wildman–Crippen LogP) is 1.58. The number of ether oxygens (including phenoxy) is 1. The van der Waals surface area contributed by atoms with Crippen LogP contribution in [0.2, 0.25) is 5.02 Å². The minimum Gasteiger partial charge on any atom is -0.379 e. The van der Waals surface area contributed by atoms with Gasteiger partial charge in [-0.25, -0.2) is 4.98 Å². The summed E-state index contributed by atoms with van der Waals surface area (Å²) in [4.78, 5) is 17.0. The molecule has 1 aliphatic rings. The van der Waals surface area contributed by atoms with E-state index in [2.05, 4.69) is 15.6 Å². The Labute approximate surface area is 140 Å². The van der Waals surface area contributed by atoms with E-state index in [-0.39, 0.29) is 11.8 Å². The first-order valence-corrected chi connectivity index (χ1v) is 8.09. The molecule has 3 rings (SSSR count). The molecule has 2 aromatic rings. The Hall–Kier alpha value is -1.63. The van der Waals surface area contributed by atoms with Crippen molar-refractivity contribution in [3.8, 4) is 0 Å². The van der Waals surface area contributed by atoms with Gasteiger partial charge in [0.1, 0.15) is 5.82 Å². The average Bonchev–Trinajstić information content (AvgIpc) is 2.77. The second-order valence-corrected chi connectivity index (χ2v) is 6.69. The van der Waals surface area contributed by atoms with Gasteiger partial charge in [0, 0.05) is 19.3 Å². The zero-order chi connectivity index (χ0) is 16.4. The summed E-state index contributed by atoms with van der Waals surface area (Å²) in [5.74, 6) is 0.501. The van der Waals surface area contributed by atoms with E-state index >= 15 is 0 Å². The normalized spacial score (nSPS) is 19.5. The fourth-order valence-electron chi connectivity index (χ4n) is 2.79. The molecule has 1 atom stereocenters. The number of aromatic nitrogens is 2. The number of rotatable bonds is 3. The zero-order valence-electron chi connectivity index (χ0n) is 13.3. The summed E-state index contributed by atoms with van der Waals surface area (Å²) in [6, 6.07) is 3.68. The van der Waals surface area contributed by atoms with E-state index in [0.29, 0.717) is 24.8 Å². The van der Waals surface area contributed by atoms with Crippen molar-refractivity contribution in [2.75, 3.05) is 26.3 Å². The van der Waals surface area contributed by atoms with Gasteiger partial charge in [-0.3, -0.25) is 4.79 Å². The van der Waals surface area contributed by atoms with Crippen LogP contribution < -0.4 is 10.6 Å². The quantitative estimate of drug-likeness (QED) is 0.893. The molecule has 1 saturated heterocycles. The second-order valence-electron chi connectivity index (χ2n) is 6.28. The van der Waals surface area contributed by atoms with E-state index in [4.69, 9.17) is 16.3 Å². The number of amides is 1. The highest BCUT2D eigenvalue weighted by Gasteiger charge is 2.31. The molecule has 6 nitrogen and oxygen atoms in total. The van der Waals surface area contributed by atoms with Crippen molar-refractivity contribution in [2.45, 2.75) is 19.4 Å². The van der Waals surface area contributed by atoms with Crippen LogP contribution in [-0.2, 0) is 15.1 Å². The van der Waals surface area contributed by atoms with Gasteiger partial charge in [0.2, 0.25) is 5.91 Å². The maximum atomic E-state index is 12.6. The van der Waals surface area contributed by atoms with Crippen LogP contribution in [0.5, 0.6) is 0 Å². The van der Waals surface area contributed by atoms with Gasteiger partial charge in [-0.05, 0) is 26.0 Å². The molecule has 1 unspecified atom stereocenters. The van der Waals surface area contributed by atoms with Crippen LogP contribution in [0.1, 0.15) is 19.7 Å². The van der Waals surface area contributed by atoms with Gasteiger partial charge in [-0.1, -0.05) is 11.6 Å². The third-order valence-electron chi connectivity index (χ3n) is 4.02. The van der Waals surface area contributed by atoms with Crippen molar-refractivity contribution in [1.29, 1.82) is 0 Å². The number of hydrogen-bond donors (Lipinski definition) is 2. The van der Waals surface area contributed by atoms with Crippen LogP contribution in [0.4, 0.5) is 0 Å². The lowest BCUT2D eigenvalue weighted by Gasteiger charge is -2.27. The summed E-state index contributed by atoms with van der Waals surface area (Å²) in [6.07, 6.45) is 3.62. The molecule has 0 radical (unpaired) electrons. The van der Waals surface area contributed by atoms with Gasteiger partial charge in [-0.2, -0.15) is 0 Å². The Balaban J connectivity index is 1.82. The summed E-state index contributed by atoms with van der Waals surface area (Å²) in [7, 11) is 0. The molecule has 124 valence electrons. The van der Waals surface area contributed by atoms with Crippen LogP contribution in [0.25, 0.3) is 5.52 Å². The molecule has 23 heavy (non-hydrogen) atoms. The van der Waals surface area contributed by atoms with Crippen molar-refractivity contribution in [3.05, 3.63) is 35.4 Å². The maximum absolute atomic E-state index is 12.6. The fourth-order valence-corrected chi connectivity index (χ4v) is 3.00. The first-order valence-electron chi connectivity index (χ1n) is 7.71. The summed E-state index contributed by atoms with van der Waals surface area (Å²) in [5, 5.41) is 6.93. The van der Waals surface area contributed by atoms with Gasteiger partial charge >= 0.3 is 0 Å².